The number of hydrogen-bond acceptors (Lipinski definition) is 2. The summed E-state index contributed by atoms with van der Waals surface area (Å²) in [5.41, 5.74) is 1.93. The number of rotatable bonds is 1. The summed E-state index contributed by atoms with van der Waals surface area (Å²) in [6, 6.07) is 5.97. The van der Waals surface area contributed by atoms with Crippen LogP contribution in [0.1, 0.15) is 31.9 Å². The Morgan fingerprint density at radius 3 is 2.87 bits per heavy atom. The molecular weight excluding hydrogens is 210 g/mol. The van der Waals surface area contributed by atoms with Crippen LogP contribution in [0.4, 0.5) is 5.69 Å². The first-order chi connectivity index (χ1) is 7.08. The summed E-state index contributed by atoms with van der Waals surface area (Å²) in [5.74, 6) is 0.517. The Hall–Kier alpha value is -0.730. The van der Waals surface area contributed by atoms with E-state index in [1.54, 1.807) is 0 Å². The molecule has 0 spiro atoms. The number of halogens is 1. The minimum absolute atomic E-state index is 0.341. The smallest absolute Gasteiger partial charge is 0.0830 e. The Morgan fingerprint density at radius 1 is 1.47 bits per heavy atom. The zero-order chi connectivity index (χ0) is 11.0. The fourth-order valence-electron chi connectivity index (χ4n) is 2.01. The van der Waals surface area contributed by atoms with E-state index in [4.69, 9.17) is 11.6 Å². The van der Waals surface area contributed by atoms with Crippen LogP contribution in [0.25, 0.3) is 0 Å². The summed E-state index contributed by atoms with van der Waals surface area (Å²) >= 11 is 5.90. The topological polar surface area (TPSA) is 32.3 Å². The SMILES string of the molecule is CC(C)C1CC(O)c2cc(Cl)ccc2N1. The van der Waals surface area contributed by atoms with Crippen molar-refractivity contribution >= 4 is 17.3 Å². The zero-order valence-electron chi connectivity index (χ0n) is 9.00. The average Bonchev–Trinajstić information content (AvgIpc) is 2.18. The molecule has 0 aliphatic carbocycles. The van der Waals surface area contributed by atoms with Gasteiger partial charge in [0.15, 0.2) is 0 Å². The maximum atomic E-state index is 10.0. The molecule has 82 valence electrons. The standard InChI is InChI=1S/C12H16ClNO/c1-7(2)11-6-12(15)9-5-8(13)3-4-10(9)14-11/h3-5,7,11-12,14-15H,6H2,1-2H3. The lowest BCUT2D eigenvalue weighted by Crippen LogP contribution is -2.32. The molecule has 0 aromatic heterocycles. The fourth-order valence-corrected chi connectivity index (χ4v) is 2.19. The summed E-state index contributed by atoms with van der Waals surface area (Å²) in [6.45, 7) is 4.32. The Kier molecular flexibility index (Phi) is 2.89. The van der Waals surface area contributed by atoms with Gasteiger partial charge in [0, 0.05) is 22.3 Å². The van der Waals surface area contributed by atoms with Gasteiger partial charge in [0.05, 0.1) is 6.10 Å². The molecule has 15 heavy (non-hydrogen) atoms. The van der Waals surface area contributed by atoms with E-state index in [0.29, 0.717) is 17.0 Å². The van der Waals surface area contributed by atoms with Crippen LogP contribution in [0, 0.1) is 5.92 Å². The van der Waals surface area contributed by atoms with Gasteiger partial charge in [-0.25, -0.2) is 0 Å². The van der Waals surface area contributed by atoms with E-state index in [1.165, 1.54) is 0 Å². The van der Waals surface area contributed by atoms with Gasteiger partial charge in [-0.3, -0.25) is 0 Å². The van der Waals surface area contributed by atoms with Crippen molar-refractivity contribution in [2.75, 3.05) is 5.32 Å². The van der Waals surface area contributed by atoms with Gasteiger partial charge in [-0.2, -0.15) is 0 Å². The molecule has 0 saturated heterocycles. The van der Waals surface area contributed by atoms with Gasteiger partial charge in [-0.15, -0.1) is 0 Å². The number of aliphatic hydroxyl groups excluding tert-OH is 1. The molecule has 2 atom stereocenters. The van der Waals surface area contributed by atoms with Crippen molar-refractivity contribution in [1.29, 1.82) is 0 Å². The molecule has 2 N–H and O–H groups in total. The monoisotopic (exact) mass is 225 g/mol. The van der Waals surface area contributed by atoms with Crippen molar-refractivity contribution < 1.29 is 5.11 Å². The first-order valence-corrected chi connectivity index (χ1v) is 5.70. The first kappa shape index (κ1) is 10.8. The number of benzene rings is 1. The minimum atomic E-state index is -0.396. The van der Waals surface area contributed by atoms with Crippen molar-refractivity contribution in [1.82, 2.24) is 0 Å². The summed E-state index contributed by atoms with van der Waals surface area (Å²) in [5, 5.41) is 14.1. The molecule has 3 heteroatoms. The second kappa shape index (κ2) is 4.03. The predicted octanol–water partition coefficient (Wildman–Crippen LogP) is 3.21. The van der Waals surface area contributed by atoms with Crippen molar-refractivity contribution in [3.63, 3.8) is 0 Å². The Morgan fingerprint density at radius 2 is 2.20 bits per heavy atom. The lowest BCUT2D eigenvalue weighted by molar-refractivity contribution is 0.148. The van der Waals surface area contributed by atoms with Crippen LogP contribution in [0.3, 0.4) is 0 Å². The average molecular weight is 226 g/mol. The third-order valence-electron chi connectivity index (χ3n) is 3.00. The van der Waals surface area contributed by atoms with Crippen molar-refractivity contribution in [2.24, 2.45) is 5.92 Å². The van der Waals surface area contributed by atoms with Gasteiger partial charge >= 0.3 is 0 Å². The molecule has 1 heterocycles. The highest BCUT2D eigenvalue weighted by Crippen LogP contribution is 2.35. The van der Waals surface area contributed by atoms with E-state index in [1.807, 2.05) is 18.2 Å². The molecule has 2 rings (SSSR count). The number of nitrogens with one attached hydrogen (secondary N) is 1. The molecular formula is C12H16ClNO. The maximum Gasteiger partial charge on any atom is 0.0830 e. The molecule has 0 saturated carbocycles. The maximum absolute atomic E-state index is 10.0. The normalized spacial score (nSPS) is 24.9. The van der Waals surface area contributed by atoms with Gasteiger partial charge in [0.25, 0.3) is 0 Å². The molecule has 1 aromatic rings. The largest absolute Gasteiger partial charge is 0.388 e. The Labute approximate surface area is 95.3 Å². The van der Waals surface area contributed by atoms with Crippen LogP contribution in [-0.4, -0.2) is 11.1 Å². The van der Waals surface area contributed by atoms with Gasteiger partial charge < -0.3 is 10.4 Å². The van der Waals surface area contributed by atoms with Crippen molar-refractivity contribution in [3.8, 4) is 0 Å². The highest BCUT2D eigenvalue weighted by molar-refractivity contribution is 6.30. The number of anilines is 1. The molecule has 2 nitrogen and oxygen atoms in total. The van der Waals surface area contributed by atoms with E-state index in [9.17, 15) is 5.11 Å². The van der Waals surface area contributed by atoms with Crippen molar-refractivity contribution in [2.45, 2.75) is 32.4 Å². The summed E-state index contributed by atoms with van der Waals surface area (Å²) in [4.78, 5) is 0. The van der Waals surface area contributed by atoms with Crippen LogP contribution < -0.4 is 5.32 Å². The predicted molar refractivity (Wildman–Crippen MR) is 63.3 cm³/mol. The Balaban J connectivity index is 2.32. The molecule has 1 aromatic carbocycles. The van der Waals surface area contributed by atoms with Crippen LogP contribution in [0.15, 0.2) is 18.2 Å². The Bertz CT molecular complexity index is 365. The van der Waals surface area contributed by atoms with Gasteiger partial charge in [0.2, 0.25) is 0 Å². The van der Waals surface area contributed by atoms with Crippen LogP contribution >= 0.6 is 11.6 Å². The minimum Gasteiger partial charge on any atom is -0.388 e. The van der Waals surface area contributed by atoms with Gasteiger partial charge in [-0.05, 0) is 30.5 Å². The van der Waals surface area contributed by atoms with E-state index in [2.05, 4.69) is 19.2 Å². The number of aliphatic hydroxyl groups is 1. The van der Waals surface area contributed by atoms with Gasteiger partial charge in [0.1, 0.15) is 0 Å². The quantitative estimate of drug-likeness (QED) is 0.769. The fraction of sp³-hybridized carbons (Fsp3) is 0.500. The molecule has 1 aliphatic rings. The zero-order valence-corrected chi connectivity index (χ0v) is 9.75. The molecule has 0 amide bonds. The third kappa shape index (κ3) is 2.11. The van der Waals surface area contributed by atoms with Crippen LogP contribution in [0.2, 0.25) is 5.02 Å². The summed E-state index contributed by atoms with van der Waals surface area (Å²) in [7, 11) is 0. The highest BCUT2D eigenvalue weighted by atomic mass is 35.5. The summed E-state index contributed by atoms with van der Waals surface area (Å²) in [6.07, 6.45) is 0.359. The van der Waals surface area contributed by atoms with E-state index in [0.717, 1.165) is 17.7 Å². The lowest BCUT2D eigenvalue weighted by atomic mass is 9.89. The number of fused-ring (bicyclic) bond motifs is 1. The molecule has 0 fully saturated rings. The molecule has 0 radical (unpaired) electrons. The van der Waals surface area contributed by atoms with E-state index < -0.39 is 6.10 Å². The second-order valence-electron chi connectivity index (χ2n) is 4.48. The van der Waals surface area contributed by atoms with E-state index in [-0.39, 0.29) is 0 Å². The highest BCUT2D eigenvalue weighted by Gasteiger charge is 2.26. The molecule has 1 aliphatic heterocycles. The first-order valence-electron chi connectivity index (χ1n) is 5.32. The molecule has 2 unspecified atom stereocenters. The second-order valence-corrected chi connectivity index (χ2v) is 4.91. The molecule has 0 bridgehead atoms. The third-order valence-corrected chi connectivity index (χ3v) is 3.23. The lowest BCUT2D eigenvalue weighted by Gasteiger charge is -2.33. The number of hydrogen-bond donors (Lipinski definition) is 2. The van der Waals surface area contributed by atoms with Gasteiger partial charge in [-0.1, -0.05) is 25.4 Å². The summed E-state index contributed by atoms with van der Waals surface area (Å²) < 4.78 is 0. The van der Waals surface area contributed by atoms with Crippen LogP contribution in [0.5, 0.6) is 0 Å². The van der Waals surface area contributed by atoms with Crippen molar-refractivity contribution in [3.05, 3.63) is 28.8 Å². The van der Waals surface area contributed by atoms with Crippen LogP contribution in [-0.2, 0) is 0 Å². The van der Waals surface area contributed by atoms with E-state index >= 15 is 0 Å².